The maximum Gasteiger partial charge on any atom is 0.149 e. The fraction of sp³-hybridized carbons (Fsp3) is 0.194. The molecule has 0 atom stereocenters. The van der Waals surface area contributed by atoms with Crippen LogP contribution in [0.5, 0.6) is 5.75 Å². The Morgan fingerprint density at radius 1 is 0.507 bits per heavy atom. The smallest absolute Gasteiger partial charge is 0.149 e. The van der Waals surface area contributed by atoms with E-state index < -0.39 is 6.85 Å². The highest BCUT2D eigenvalue weighted by atomic mass is 16.3. The van der Waals surface area contributed by atoms with Gasteiger partial charge in [-0.1, -0.05) is 186 Å². The molecule has 2 aromatic heterocycles. The molecule has 8 aromatic carbocycles. The first-order valence-corrected chi connectivity index (χ1v) is 24.9. The summed E-state index contributed by atoms with van der Waals surface area (Å²) in [5, 5.41) is 12.7. The van der Waals surface area contributed by atoms with E-state index in [0.29, 0.717) is 17.0 Å². The molecule has 0 unspecified atom stereocenters. The highest BCUT2D eigenvalue weighted by Gasteiger charge is 2.39. The summed E-state index contributed by atoms with van der Waals surface area (Å²) < 4.78 is 25.9. The van der Waals surface area contributed by atoms with Crippen LogP contribution in [0.25, 0.3) is 83.9 Å². The largest absolute Gasteiger partial charge is 0.507 e. The van der Waals surface area contributed by atoms with Crippen molar-refractivity contribution in [3.05, 3.63) is 229 Å². The van der Waals surface area contributed by atoms with E-state index in [0.717, 1.165) is 104 Å². The van der Waals surface area contributed by atoms with Crippen LogP contribution in [-0.2, 0) is 16.2 Å². The maximum absolute atomic E-state index is 12.7. The lowest BCUT2D eigenvalue weighted by Gasteiger charge is -2.44. The Morgan fingerprint density at radius 2 is 1.10 bits per heavy atom. The zero-order valence-electron chi connectivity index (χ0n) is 44.2. The van der Waals surface area contributed by atoms with Gasteiger partial charge >= 0.3 is 0 Å². The van der Waals surface area contributed by atoms with Crippen molar-refractivity contribution in [1.29, 1.82) is 0 Å². The number of aryl methyl sites for hydroxylation is 1. The quantitative estimate of drug-likeness (QED) is 0.157. The monoisotopic (exact) mass is 927 g/mol. The van der Waals surface area contributed by atoms with Crippen LogP contribution in [0.2, 0.25) is 0 Å². The van der Waals surface area contributed by atoms with Crippen molar-refractivity contribution in [3.8, 4) is 78.6 Å². The number of nitrogens with zero attached hydrogens (tertiary/aromatic N) is 3. The third-order valence-corrected chi connectivity index (χ3v) is 15.4. The van der Waals surface area contributed by atoms with E-state index >= 15 is 0 Å². The number of phenols is 1. The molecule has 1 fully saturated rings. The molecule has 1 N–H and O–H groups in total. The van der Waals surface area contributed by atoms with Gasteiger partial charge in [-0.3, -0.25) is 9.55 Å². The molecule has 4 nitrogen and oxygen atoms in total. The summed E-state index contributed by atoms with van der Waals surface area (Å²) in [5.41, 5.74) is 16.8. The average Bonchev–Trinajstić information content (AvgIpc) is 3.82. The molecule has 10 aromatic rings. The molecule has 1 aliphatic carbocycles. The van der Waals surface area contributed by atoms with Gasteiger partial charge in [0, 0.05) is 32.7 Å². The number of phenolic OH excluding ortho intramolecular Hbond substituents is 1. The Hall–Kier alpha value is -7.82. The molecule has 4 heteroatoms. The molecule has 11 rings (SSSR count). The number of hydrogen-bond acceptors (Lipinski definition) is 3. The van der Waals surface area contributed by atoms with Gasteiger partial charge < -0.3 is 5.11 Å². The first kappa shape index (κ1) is 42.1. The molecule has 2 heterocycles. The number of imidazole rings is 1. The molecule has 0 spiro atoms. The van der Waals surface area contributed by atoms with Gasteiger partial charge in [0.05, 0.1) is 22.3 Å². The van der Waals surface area contributed by atoms with Crippen molar-refractivity contribution >= 4 is 11.0 Å². The highest BCUT2D eigenvalue weighted by molar-refractivity contribution is 5.98. The number of rotatable bonds is 9. The van der Waals surface area contributed by atoms with Crippen LogP contribution in [0, 0.1) is 6.85 Å². The average molecular weight is 927 g/mol. The first-order chi connectivity index (χ1) is 35.5. The summed E-state index contributed by atoms with van der Waals surface area (Å²) in [6.45, 7) is 9.37. The molecule has 0 saturated heterocycles. The van der Waals surface area contributed by atoms with E-state index in [2.05, 4.69) is 161 Å². The Balaban J connectivity index is 1.08. The molecular weight excluding hydrogens is 863 g/mol. The van der Waals surface area contributed by atoms with Gasteiger partial charge in [0.15, 0.2) is 0 Å². The fourth-order valence-electron chi connectivity index (χ4n) is 10.8. The lowest BCUT2D eigenvalue weighted by molar-refractivity contribution is 0.223. The van der Waals surface area contributed by atoms with Gasteiger partial charge in [0.25, 0.3) is 0 Å². The van der Waals surface area contributed by atoms with E-state index in [9.17, 15) is 5.11 Å². The SMILES string of the molecule is [2H]C([2H])([2H])c1ccc(-c2ccnc(-c3cc(-c4cccc5c4nc(-c4cc(-c6ccccc6)cc(-c6ccccc6)c4O)n5-c4ccc(C5(C)CCC(C)(c6ccccc6)CC5)cc4)cc(C(C)(C)C)c3)c2)cc1. The number of para-hydroxylation sites is 1. The standard InChI is InChI=1S/C67H61N3O/c1-45-25-27-47(28-26-45)49-33-38-68-60(44-49)52-39-51(40-55(41-52)65(2,3)4)57-23-16-24-61-62(57)69-64(59-43-50(46-17-10-7-11-18-46)42-58(63(59)71)48-19-12-8-13-20-48)70(61)56-31-29-54(30-32-56)67(6)36-34-66(5,35-37-67)53-21-14-9-15-22-53/h7-33,38-44,71H,34-37H2,1-6H3/i1D3. The summed E-state index contributed by atoms with van der Waals surface area (Å²) in [5.74, 6) is 0.805. The van der Waals surface area contributed by atoms with E-state index in [4.69, 9.17) is 14.1 Å². The molecule has 0 amide bonds. The van der Waals surface area contributed by atoms with Crippen LogP contribution < -0.4 is 0 Å². The normalized spacial score (nSPS) is 17.9. The second-order valence-corrected chi connectivity index (χ2v) is 21.2. The second-order valence-electron chi connectivity index (χ2n) is 21.2. The predicted octanol–water partition coefficient (Wildman–Crippen LogP) is 17.5. The Morgan fingerprint density at radius 3 is 1.75 bits per heavy atom. The molecule has 0 radical (unpaired) electrons. The van der Waals surface area contributed by atoms with Gasteiger partial charge in [-0.2, -0.15) is 0 Å². The van der Waals surface area contributed by atoms with Crippen LogP contribution in [-0.4, -0.2) is 19.6 Å². The minimum Gasteiger partial charge on any atom is -0.507 e. The first-order valence-electron chi connectivity index (χ1n) is 26.4. The molecule has 1 saturated carbocycles. The molecule has 71 heavy (non-hydrogen) atoms. The van der Waals surface area contributed by atoms with Crippen molar-refractivity contribution in [2.45, 2.75) is 83.4 Å². The lowest BCUT2D eigenvalue weighted by Crippen LogP contribution is -2.36. The minimum atomic E-state index is -2.17. The van der Waals surface area contributed by atoms with Gasteiger partial charge in [0.2, 0.25) is 0 Å². The summed E-state index contributed by atoms with van der Waals surface area (Å²) in [4.78, 5) is 10.6. The van der Waals surface area contributed by atoms with E-state index in [1.165, 1.54) is 11.1 Å². The number of aromatic hydroxyl groups is 1. The van der Waals surface area contributed by atoms with Crippen molar-refractivity contribution in [2.24, 2.45) is 0 Å². The van der Waals surface area contributed by atoms with Crippen LogP contribution in [0.15, 0.2) is 206 Å². The van der Waals surface area contributed by atoms with Gasteiger partial charge in [0.1, 0.15) is 11.6 Å². The van der Waals surface area contributed by atoms with Crippen molar-refractivity contribution in [2.75, 3.05) is 0 Å². The Kier molecular flexibility index (Phi) is 10.8. The van der Waals surface area contributed by atoms with Crippen LogP contribution in [0.1, 0.15) is 86.7 Å². The number of fused-ring (bicyclic) bond motifs is 1. The van der Waals surface area contributed by atoms with Crippen molar-refractivity contribution in [3.63, 3.8) is 0 Å². The van der Waals surface area contributed by atoms with Crippen LogP contribution >= 0.6 is 0 Å². The van der Waals surface area contributed by atoms with Gasteiger partial charge in [-0.15, -0.1) is 0 Å². The predicted molar refractivity (Wildman–Crippen MR) is 296 cm³/mol. The fourth-order valence-corrected chi connectivity index (χ4v) is 10.8. The third kappa shape index (κ3) is 8.78. The van der Waals surface area contributed by atoms with E-state index in [1.807, 2.05) is 72.9 Å². The number of pyridine rings is 1. The molecular formula is C67H61N3O. The van der Waals surface area contributed by atoms with E-state index in [-0.39, 0.29) is 22.0 Å². The Bertz CT molecular complexity index is 3640. The van der Waals surface area contributed by atoms with Crippen LogP contribution in [0.4, 0.5) is 0 Å². The molecule has 0 aliphatic heterocycles. The maximum atomic E-state index is 12.7. The van der Waals surface area contributed by atoms with Crippen molar-refractivity contribution in [1.82, 2.24) is 14.5 Å². The molecule has 350 valence electrons. The minimum absolute atomic E-state index is 0.0289. The highest BCUT2D eigenvalue weighted by Crippen LogP contribution is 2.49. The third-order valence-electron chi connectivity index (χ3n) is 15.4. The summed E-state index contributed by atoms with van der Waals surface area (Å²) in [6.07, 6.45) is 6.26. The summed E-state index contributed by atoms with van der Waals surface area (Å²) in [6, 6.07) is 69.0. The number of aromatic nitrogens is 3. The lowest BCUT2D eigenvalue weighted by atomic mass is 9.61. The zero-order chi connectivity index (χ0) is 51.4. The second kappa shape index (κ2) is 18.2. The summed E-state index contributed by atoms with van der Waals surface area (Å²) in [7, 11) is 0. The zero-order valence-corrected chi connectivity index (χ0v) is 41.2. The molecule has 1 aliphatic rings. The number of hydrogen-bond donors (Lipinski definition) is 1. The van der Waals surface area contributed by atoms with Crippen molar-refractivity contribution < 1.29 is 9.22 Å². The number of benzene rings is 8. The topological polar surface area (TPSA) is 50.9 Å². The van der Waals surface area contributed by atoms with E-state index in [1.54, 1.807) is 12.1 Å². The summed E-state index contributed by atoms with van der Waals surface area (Å²) >= 11 is 0. The Labute approximate surface area is 423 Å². The molecule has 0 bridgehead atoms. The van der Waals surface area contributed by atoms with Gasteiger partial charge in [-0.05, 0) is 153 Å². The van der Waals surface area contributed by atoms with Crippen LogP contribution in [0.3, 0.4) is 0 Å². The van der Waals surface area contributed by atoms with Gasteiger partial charge in [-0.25, -0.2) is 4.98 Å².